The molecule has 0 saturated heterocycles. The van der Waals surface area contributed by atoms with Crippen molar-refractivity contribution in [1.29, 1.82) is 0 Å². The van der Waals surface area contributed by atoms with Crippen molar-refractivity contribution in [3.63, 3.8) is 0 Å². The number of benzene rings is 4. The first-order chi connectivity index (χ1) is 14.7. The summed E-state index contributed by atoms with van der Waals surface area (Å²) >= 11 is 0. The lowest BCUT2D eigenvalue weighted by molar-refractivity contribution is 0.0975. The van der Waals surface area contributed by atoms with Crippen molar-refractivity contribution in [3.05, 3.63) is 108 Å². The minimum absolute atomic E-state index is 0.0601. The molecule has 3 nitrogen and oxygen atoms in total. The fraction of sp³-hybridized carbons (Fsp3) is 0.148. The molecule has 0 saturated carbocycles. The van der Waals surface area contributed by atoms with Crippen molar-refractivity contribution in [2.75, 3.05) is 10.2 Å². The van der Waals surface area contributed by atoms with Gasteiger partial charge in [-0.3, -0.25) is 4.79 Å². The Morgan fingerprint density at radius 1 is 0.833 bits per heavy atom. The summed E-state index contributed by atoms with van der Waals surface area (Å²) in [5.74, 6) is 0.0601. The summed E-state index contributed by atoms with van der Waals surface area (Å²) in [6.07, 6.45) is 0.850. The molecule has 0 bridgehead atoms. The zero-order valence-electron chi connectivity index (χ0n) is 17.0. The fourth-order valence-corrected chi connectivity index (χ4v) is 4.54. The molecule has 2 atom stereocenters. The summed E-state index contributed by atoms with van der Waals surface area (Å²) in [6, 6.07) is 32.8. The van der Waals surface area contributed by atoms with Gasteiger partial charge >= 0.3 is 0 Å². The van der Waals surface area contributed by atoms with Crippen molar-refractivity contribution in [2.45, 2.75) is 25.4 Å². The molecule has 30 heavy (non-hydrogen) atoms. The molecule has 5 rings (SSSR count). The lowest BCUT2D eigenvalue weighted by Gasteiger charge is -2.40. The molecule has 1 heterocycles. The van der Waals surface area contributed by atoms with Crippen molar-refractivity contribution in [2.24, 2.45) is 0 Å². The van der Waals surface area contributed by atoms with Gasteiger partial charge in [0.15, 0.2) is 0 Å². The van der Waals surface area contributed by atoms with Crippen LogP contribution in [0.1, 0.15) is 35.3 Å². The van der Waals surface area contributed by atoms with Crippen LogP contribution >= 0.6 is 0 Å². The molecule has 148 valence electrons. The van der Waals surface area contributed by atoms with E-state index in [0.717, 1.165) is 39.7 Å². The van der Waals surface area contributed by atoms with Gasteiger partial charge in [-0.15, -0.1) is 0 Å². The Morgan fingerprint density at radius 3 is 2.40 bits per heavy atom. The van der Waals surface area contributed by atoms with Crippen LogP contribution in [0.15, 0.2) is 97.1 Å². The first-order valence-corrected chi connectivity index (χ1v) is 10.4. The molecule has 0 spiro atoms. The van der Waals surface area contributed by atoms with Crippen LogP contribution in [0.4, 0.5) is 11.4 Å². The molecule has 1 aliphatic heterocycles. The molecule has 1 amide bonds. The zero-order chi connectivity index (χ0) is 20.5. The van der Waals surface area contributed by atoms with E-state index < -0.39 is 0 Å². The van der Waals surface area contributed by atoms with E-state index in [1.165, 1.54) is 0 Å². The molecule has 0 aliphatic carbocycles. The second-order valence-electron chi connectivity index (χ2n) is 7.91. The highest BCUT2D eigenvalue weighted by Gasteiger charge is 2.34. The summed E-state index contributed by atoms with van der Waals surface area (Å²) in [7, 11) is 0. The van der Waals surface area contributed by atoms with Gasteiger partial charge in [0.2, 0.25) is 0 Å². The van der Waals surface area contributed by atoms with Gasteiger partial charge in [0.1, 0.15) is 0 Å². The third-order valence-electron chi connectivity index (χ3n) is 5.94. The molecule has 1 N–H and O–H groups in total. The Labute approximate surface area is 177 Å². The maximum atomic E-state index is 13.8. The Bertz CT molecular complexity index is 1200. The van der Waals surface area contributed by atoms with Gasteiger partial charge in [0.05, 0.1) is 6.04 Å². The predicted molar refractivity (Wildman–Crippen MR) is 124 cm³/mol. The number of hydrogen-bond donors (Lipinski definition) is 1. The lowest BCUT2D eigenvalue weighted by Crippen LogP contribution is -2.44. The molecular formula is C27H24N2O. The predicted octanol–water partition coefficient (Wildman–Crippen LogP) is 6.43. The monoisotopic (exact) mass is 392 g/mol. The number of nitrogens with one attached hydrogen (secondary N) is 1. The SMILES string of the molecule is C[C@H]1C[C@@H](Nc2ccccc2)c2ccccc2N1C(=O)c1cccc2ccccc12. The maximum absolute atomic E-state index is 13.8. The van der Waals surface area contributed by atoms with E-state index in [4.69, 9.17) is 0 Å². The highest BCUT2D eigenvalue weighted by molar-refractivity contribution is 6.14. The molecular weight excluding hydrogens is 368 g/mol. The molecule has 1 aliphatic rings. The van der Waals surface area contributed by atoms with Crippen LogP contribution in [0.5, 0.6) is 0 Å². The smallest absolute Gasteiger partial charge is 0.259 e. The van der Waals surface area contributed by atoms with Gasteiger partial charge in [-0.25, -0.2) is 0 Å². The molecule has 0 fully saturated rings. The number of nitrogens with zero attached hydrogens (tertiary/aromatic N) is 1. The van der Waals surface area contributed by atoms with Crippen molar-refractivity contribution in [3.8, 4) is 0 Å². The van der Waals surface area contributed by atoms with Crippen LogP contribution in [-0.2, 0) is 0 Å². The minimum Gasteiger partial charge on any atom is -0.378 e. The van der Waals surface area contributed by atoms with Crippen LogP contribution in [0.3, 0.4) is 0 Å². The number of anilines is 2. The zero-order valence-corrected chi connectivity index (χ0v) is 17.0. The third-order valence-corrected chi connectivity index (χ3v) is 5.94. The van der Waals surface area contributed by atoms with Gasteiger partial charge in [-0.05, 0) is 53.9 Å². The average molecular weight is 393 g/mol. The number of rotatable bonds is 3. The summed E-state index contributed by atoms with van der Waals surface area (Å²) < 4.78 is 0. The van der Waals surface area contributed by atoms with Crippen LogP contribution in [0.25, 0.3) is 10.8 Å². The molecule has 0 radical (unpaired) electrons. The first-order valence-electron chi connectivity index (χ1n) is 10.4. The summed E-state index contributed by atoms with van der Waals surface area (Å²) in [6.45, 7) is 2.14. The van der Waals surface area contributed by atoms with E-state index in [1.54, 1.807) is 0 Å². The number of fused-ring (bicyclic) bond motifs is 2. The van der Waals surface area contributed by atoms with Gasteiger partial charge in [0, 0.05) is 23.0 Å². The van der Waals surface area contributed by atoms with Gasteiger partial charge in [0.25, 0.3) is 5.91 Å². The molecule has 3 heteroatoms. The topological polar surface area (TPSA) is 32.3 Å². The Kier molecular flexibility index (Phi) is 4.72. The summed E-state index contributed by atoms with van der Waals surface area (Å²) in [5, 5.41) is 5.75. The normalized spacial score (nSPS) is 18.1. The highest BCUT2D eigenvalue weighted by atomic mass is 16.2. The van der Waals surface area contributed by atoms with E-state index in [2.05, 4.69) is 54.7 Å². The molecule has 4 aromatic rings. The number of carbonyl (C=O) groups excluding carboxylic acids is 1. The average Bonchev–Trinajstić information content (AvgIpc) is 2.79. The Hall–Kier alpha value is -3.59. The molecule has 0 aromatic heterocycles. The van der Waals surface area contributed by atoms with Crippen LogP contribution < -0.4 is 10.2 Å². The second kappa shape index (κ2) is 7.68. The Balaban J connectivity index is 1.55. The third kappa shape index (κ3) is 3.22. The van der Waals surface area contributed by atoms with E-state index in [1.807, 2.05) is 59.5 Å². The van der Waals surface area contributed by atoms with Crippen LogP contribution in [0.2, 0.25) is 0 Å². The number of amides is 1. The van der Waals surface area contributed by atoms with E-state index in [-0.39, 0.29) is 18.0 Å². The van der Waals surface area contributed by atoms with Gasteiger partial charge in [-0.2, -0.15) is 0 Å². The first kappa shape index (κ1) is 18.4. The maximum Gasteiger partial charge on any atom is 0.259 e. The van der Waals surface area contributed by atoms with Crippen molar-refractivity contribution < 1.29 is 4.79 Å². The minimum atomic E-state index is 0.0601. The second-order valence-corrected chi connectivity index (χ2v) is 7.91. The van der Waals surface area contributed by atoms with Gasteiger partial charge in [-0.1, -0.05) is 72.8 Å². The lowest BCUT2D eigenvalue weighted by atomic mass is 9.90. The van der Waals surface area contributed by atoms with E-state index >= 15 is 0 Å². The van der Waals surface area contributed by atoms with E-state index in [0.29, 0.717) is 0 Å². The van der Waals surface area contributed by atoms with Crippen LogP contribution in [0, 0.1) is 0 Å². The van der Waals surface area contributed by atoms with Crippen molar-refractivity contribution in [1.82, 2.24) is 0 Å². The molecule has 0 unspecified atom stereocenters. The Morgan fingerprint density at radius 2 is 1.53 bits per heavy atom. The summed E-state index contributed by atoms with van der Waals surface area (Å²) in [4.78, 5) is 15.7. The summed E-state index contributed by atoms with van der Waals surface area (Å²) in [5.41, 5.74) is 4.00. The largest absolute Gasteiger partial charge is 0.378 e. The van der Waals surface area contributed by atoms with Gasteiger partial charge < -0.3 is 10.2 Å². The number of para-hydroxylation sites is 2. The number of hydrogen-bond acceptors (Lipinski definition) is 2. The highest BCUT2D eigenvalue weighted by Crippen LogP contribution is 2.40. The van der Waals surface area contributed by atoms with Crippen molar-refractivity contribution >= 4 is 28.1 Å². The van der Waals surface area contributed by atoms with Crippen LogP contribution in [-0.4, -0.2) is 11.9 Å². The standard InChI is InChI=1S/C27H24N2O/c1-19-18-25(28-21-12-3-2-4-13-21)24-15-7-8-17-26(24)29(19)27(30)23-16-9-11-20-10-5-6-14-22(20)23/h2-17,19,25,28H,18H2,1H3/t19-,25+/m0/s1. The fourth-order valence-electron chi connectivity index (χ4n) is 4.54. The van der Waals surface area contributed by atoms with E-state index in [9.17, 15) is 4.79 Å². The molecule has 4 aromatic carbocycles. The number of carbonyl (C=O) groups is 1. The quantitative estimate of drug-likeness (QED) is 0.435.